The number of hydrogen-bond acceptors (Lipinski definition) is 2. The summed E-state index contributed by atoms with van der Waals surface area (Å²) in [6, 6.07) is 11.1. The minimum absolute atomic E-state index is 0.0593. The molecule has 2 nitrogen and oxygen atoms in total. The van der Waals surface area contributed by atoms with Gasteiger partial charge in [0.15, 0.2) is 0 Å². The van der Waals surface area contributed by atoms with Gasteiger partial charge in [-0.15, -0.1) is 0 Å². The number of hydrogen-bond donors (Lipinski definition) is 2. The second kappa shape index (κ2) is 5.61. The maximum Gasteiger partial charge on any atom is 0.139 e. The molecule has 0 aliphatic rings. The lowest BCUT2D eigenvalue weighted by Crippen LogP contribution is -2.10. The number of halogens is 2. The van der Waals surface area contributed by atoms with E-state index in [-0.39, 0.29) is 11.9 Å². The molecule has 2 aromatic rings. The Labute approximate surface area is 121 Å². The molecule has 0 heterocycles. The van der Waals surface area contributed by atoms with Gasteiger partial charge in [-0.3, -0.25) is 0 Å². The van der Waals surface area contributed by atoms with Crippen molar-refractivity contribution in [2.75, 3.05) is 11.1 Å². The molecule has 0 saturated carbocycles. The van der Waals surface area contributed by atoms with E-state index in [0.29, 0.717) is 15.8 Å². The van der Waals surface area contributed by atoms with E-state index in [0.717, 1.165) is 0 Å². The molecule has 1 atom stereocenters. The first-order valence-electron chi connectivity index (χ1n) is 6.05. The van der Waals surface area contributed by atoms with Gasteiger partial charge in [-0.05, 0) is 47.0 Å². The first-order valence-corrected chi connectivity index (χ1v) is 6.85. The average Bonchev–Trinajstić information content (AvgIpc) is 2.36. The minimum Gasteiger partial charge on any atom is -0.397 e. The van der Waals surface area contributed by atoms with Crippen LogP contribution in [0.5, 0.6) is 0 Å². The Hall–Kier alpha value is -1.55. The Kier molecular flexibility index (Phi) is 4.10. The van der Waals surface area contributed by atoms with Crippen molar-refractivity contribution in [1.82, 2.24) is 0 Å². The Morgan fingerprint density at radius 3 is 2.63 bits per heavy atom. The first-order chi connectivity index (χ1) is 8.99. The molecule has 4 heteroatoms. The molecule has 0 aromatic heterocycles. The summed E-state index contributed by atoms with van der Waals surface area (Å²) < 4.78 is 13.9. The molecule has 0 bridgehead atoms. The summed E-state index contributed by atoms with van der Waals surface area (Å²) in [6.07, 6.45) is 0. The topological polar surface area (TPSA) is 38.0 Å². The van der Waals surface area contributed by atoms with E-state index in [1.807, 2.05) is 19.1 Å². The first kappa shape index (κ1) is 13.9. The lowest BCUT2D eigenvalue weighted by molar-refractivity contribution is 0.621. The smallest absolute Gasteiger partial charge is 0.139 e. The van der Waals surface area contributed by atoms with Crippen LogP contribution in [-0.4, -0.2) is 0 Å². The number of benzene rings is 2. The van der Waals surface area contributed by atoms with Crippen molar-refractivity contribution in [2.45, 2.75) is 19.9 Å². The Bertz CT molecular complexity index is 599. The molecule has 0 aliphatic heterocycles. The highest BCUT2D eigenvalue weighted by Gasteiger charge is 2.11. The van der Waals surface area contributed by atoms with Gasteiger partial charge in [-0.2, -0.15) is 0 Å². The molecule has 0 fully saturated rings. The highest BCUT2D eigenvalue weighted by molar-refractivity contribution is 9.10. The predicted molar refractivity (Wildman–Crippen MR) is 81.7 cm³/mol. The van der Waals surface area contributed by atoms with Crippen molar-refractivity contribution in [3.63, 3.8) is 0 Å². The molecular weight excluding hydrogens is 307 g/mol. The number of nitrogens with one attached hydrogen (secondary N) is 1. The zero-order valence-corrected chi connectivity index (χ0v) is 12.5. The minimum atomic E-state index is -0.325. The molecule has 0 amide bonds. The summed E-state index contributed by atoms with van der Waals surface area (Å²) in [6.45, 7) is 4.08. The maximum absolute atomic E-state index is 13.5. The van der Waals surface area contributed by atoms with Crippen molar-refractivity contribution in [2.24, 2.45) is 0 Å². The van der Waals surface area contributed by atoms with E-state index in [2.05, 4.69) is 40.3 Å². The quantitative estimate of drug-likeness (QED) is 0.807. The number of nitrogens with two attached hydrogens (primary N) is 1. The molecule has 19 heavy (non-hydrogen) atoms. The molecule has 0 spiro atoms. The third-order valence-corrected chi connectivity index (χ3v) is 3.73. The van der Waals surface area contributed by atoms with E-state index in [1.54, 1.807) is 6.07 Å². The van der Waals surface area contributed by atoms with Crippen molar-refractivity contribution in [3.8, 4) is 0 Å². The van der Waals surface area contributed by atoms with Crippen LogP contribution in [0.1, 0.15) is 24.1 Å². The van der Waals surface area contributed by atoms with E-state index in [1.165, 1.54) is 17.2 Å². The summed E-state index contributed by atoms with van der Waals surface area (Å²) in [5.41, 5.74) is 9.39. The Morgan fingerprint density at radius 2 is 1.95 bits per heavy atom. The van der Waals surface area contributed by atoms with Crippen molar-refractivity contribution in [1.29, 1.82) is 0 Å². The number of nitrogen functional groups attached to an aromatic ring is 1. The molecule has 3 N–H and O–H groups in total. The molecule has 1 unspecified atom stereocenters. The van der Waals surface area contributed by atoms with Gasteiger partial charge < -0.3 is 11.1 Å². The summed E-state index contributed by atoms with van der Waals surface area (Å²) >= 11 is 3.12. The zero-order valence-electron chi connectivity index (χ0n) is 10.9. The Morgan fingerprint density at radius 1 is 1.26 bits per heavy atom. The van der Waals surface area contributed by atoms with Crippen LogP contribution in [0.15, 0.2) is 40.9 Å². The number of aryl methyl sites for hydroxylation is 1. The third-order valence-electron chi connectivity index (χ3n) is 3.12. The predicted octanol–water partition coefficient (Wildman–Crippen LogP) is 4.65. The fourth-order valence-electron chi connectivity index (χ4n) is 2.07. The lowest BCUT2D eigenvalue weighted by Gasteiger charge is -2.19. The van der Waals surface area contributed by atoms with Gasteiger partial charge in [0, 0.05) is 12.1 Å². The fraction of sp³-hybridized carbons (Fsp3) is 0.200. The van der Waals surface area contributed by atoms with Crippen LogP contribution in [0.25, 0.3) is 0 Å². The van der Waals surface area contributed by atoms with Crippen LogP contribution < -0.4 is 11.1 Å². The molecule has 100 valence electrons. The summed E-state index contributed by atoms with van der Waals surface area (Å²) in [5.74, 6) is -0.325. The largest absolute Gasteiger partial charge is 0.397 e. The molecule has 2 rings (SSSR count). The van der Waals surface area contributed by atoms with Crippen molar-refractivity contribution < 1.29 is 4.39 Å². The standard InChI is InChI=1S/C15H16BrFN2/c1-9-5-3-4-6-11(9)10(2)19-15-8-13(17)12(16)7-14(15)18/h3-8,10,19H,18H2,1-2H3. The summed E-state index contributed by atoms with van der Waals surface area (Å²) in [4.78, 5) is 0. The van der Waals surface area contributed by atoms with Gasteiger partial charge in [-0.25, -0.2) is 4.39 Å². The van der Waals surface area contributed by atoms with Gasteiger partial charge >= 0.3 is 0 Å². The molecule has 0 aliphatic carbocycles. The number of rotatable bonds is 3. The maximum atomic E-state index is 13.5. The van der Waals surface area contributed by atoms with Crippen LogP contribution in [0, 0.1) is 12.7 Å². The molecule has 0 saturated heterocycles. The third kappa shape index (κ3) is 3.07. The van der Waals surface area contributed by atoms with E-state index >= 15 is 0 Å². The van der Waals surface area contributed by atoms with E-state index in [9.17, 15) is 4.39 Å². The van der Waals surface area contributed by atoms with Crippen LogP contribution in [0.4, 0.5) is 15.8 Å². The van der Waals surface area contributed by atoms with Gasteiger partial charge in [0.2, 0.25) is 0 Å². The monoisotopic (exact) mass is 322 g/mol. The van der Waals surface area contributed by atoms with Crippen LogP contribution in [0.2, 0.25) is 0 Å². The molecule has 0 radical (unpaired) electrons. The van der Waals surface area contributed by atoms with Crippen molar-refractivity contribution in [3.05, 3.63) is 57.8 Å². The highest BCUT2D eigenvalue weighted by Crippen LogP contribution is 2.30. The van der Waals surface area contributed by atoms with Gasteiger partial charge in [-0.1, -0.05) is 24.3 Å². The molecule has 2 aromatic carbocycles. The fourth-order valence-corrected chi connectivity index (χ4v) is 2.43. The van der Waals surface area contributed by atoms with E-state index < -0.39 is 0 Å². The van der Waals surface area contributed by atoms with E-state index in [4.69, 9.17) is 5.73 Å². The molecular formula is C15H16BrFN2. The lowest BCUT2D eigenvalue weighted by atomic mass is 10.0. The average molecular weight is 323 g/mol. The van der Waals surface area contributed by atoms with Gasteiger partial charge in [0.05, 0.1) is 15.8 Å². The SMILES string of the molecule is Cc1ccccc1C(C)Nc1cc(F)c(Br)cc1N. The second-order valence-corrected chi connectivity index (χ2v) is 5.43. The highest BCUT2D eigenvalue weighted by atomic mass is 79.9. The van der Waals surface area contributed by atoms with Crippen LogP contribution in [-0.2, 0) is 0 Å². The Balaban J connectivity index is 2.27. The number of anilines is 2. The van der Waals surface area contributed by atoms with Crippen LogP contribution >= 0.6 is 15.9 Å². The normalized spacial score (nSPS) is 12.2. The zero-order chi connectivity index (χ0) is 14.0. The second-order valence-electron chi connectivity index (χ2n) is 4.58. The van der Waals surface area contributed by atoms with Crippen molar-refractivity contribution >= 4 is 27.3 Å². The summed E-state index contributed by atoms with van der Waals surface area (Å²) in [7, 11) is 0. The summed E-state index contributed by atoms with van der Waals surface area (Å²) in [5, 5.41) is 3.25. The van der Waals surface area contributed by atoms with Crippen LogP contribution in [0.3, 0.4) is 0 Å². The van der Waals surface area contributed by atoms with Gasteiger partial charge in [0.25, 0.3) is 0 Å². The van der Waals surface area contributed by atoms with Gasteiger partial charge in [0.1, 0.15) is 5.82 Å².